The van der Waals surface area contributed by atoms with Crippen LogP contribution in [0, 0.1) is 5.92 Å². The SMILES string of the molecule is CC(C)(C)NC(=O)NC(CN)C1CCCC1. The minimum atomic E-state index is -0.196. The maximum atomic E-state index is 11.7. The third-order valence-electron chi connectivity index (χ3n) is 3.03. The van der Waals surface area contributed by atoms with Crippen molar-refractivity contribution in [3.05, 3.63) is 0 Å². The van der Waals surface area contributed by atoms with E-state index < -0.39 is 0 Å². The van der Waals surface area contributed by atoms with Crippen molar-refractivity contribution in [2.45, 2.75) is 58.0 Å². The molecule has 1 saturated carbocycles. The molecule has 1 atom stereocenters. The van der Waals surface area contributed by atoms with Crippen molar-refractivity contribution >= 4 is 6.03 Å². The highest BCUT2D eigenvalue weighted by molar-refractivity contribution is 5.75. The monoisotopic (exact) mass is 227 g/mol. The molecular weight excluding hydrogens is 202 g/mol. The normalized spacial score (nSPS) is 19.5. The lowest BCUT2D eigenvalue weighted by atomic mass is 9.98. The van der Waals surface area contributed by atoms with Crippen LogP contribution >= 0.6 is 0 Å². The lowest BCUT2D eigenvalue weighted by Crippen LogP contribution is -2.53. The molecule has 0 aromatic heterocycles. The van der Waals surface area contributed by atoms with E-state index in [-0.39, 0.29) is 17.6 Å². The number of hydrogen-bond acceptors (Lipinski definition) is 2. The topological polar surface area (TPSA) is 67.2 Å². The summed E-state index contributed by atoms with van der Waals surface area (Å²) < 4.78 is 0. The van der Waals surface area contributed by atoms with E-state index in [9.17, 15) is 4.79 Å². The Hall–Kier alpha value is -0.770. The number of rotatable bonds is 3. The number of carbonyl (C=O) groups is 1. The molecule has 1 aliphatic carbocycles. The molecule has 2 amide bonds. The van der Waals surface area contributed by atoms with Crippen LogP contribution in [0.5, 0.6) is 0 Å². The van der Waals surface area contributed by atoms with Gasteiger partial charge in [0.25, 0.3) is 0 Å². The lowest BCUT2D eigenvalue weighted by molar-refractivity contribution is 0.222. The van der Waals surface area contributed by atoms with Crippen LogP contribution in [-0.2, 0) is 0 Å². The van der Waals surface area contributed by atoms with Gasteiger partial charge < -0.3 is 16.4 Å². The summed E-state index contributed by atoms with van der Waals surface area (Å²) in [6, 6.07) is 0.0275. The molecular formula is C12H25N3O. The maximum Gasteiger partial charge on any atom is 0.315 e. The summed E-state index contributed by atoms with van der Waals surface area (Å²) in [5.74, 6) is 0.565. The second kappa shape index (κ2) is 5.53. The molecule has 0 heterocycles. The third-order valence-corrected chi connectivity index (χ3v) is 3.03. The maximum absolute atomic E-state index is 11.7. The molecule has 4 nitrogen and oxygen atoms in total. The van der Waals surface area contributed by atoms with Crippen molar-refractivity contribution in [3.63, 3.8) is 0 Å². The van der Waals surface area contributed by atoms with Gasteiger partial charge >= 0.3 is 6.03 Å². The molecule has 0 spiro atoms. The van der Waals surface area contributed by atoms with Crippen molar-refractivity contribution in [3.8, 4) is 0 Å². The van der Waals surface area contributed by atoms with E-state index >= 15 is 0 Å². The van der Waals surface area contributed by atoms with Gasteiger partial charge in [0.1, 0.15) is 0 Å². The van der Waals surface area contributed by atoms with E-state index in [1.807, 2.05) is 20.8 Å². The van der Waals surface area contributed by atoms with Crippen LogP contribution in [0.2, 0.25) is 0 Å². The van der Waals surface area contributed by atoms with Gasteiger partial charge in [0.2, 0.25) is 0 Å². The van der Waals surface area contributed by atoms with Crippen molar-refractivity contribution in [1.29, 1.82) is 0 Å². The van der Waals surface area contributed by atoms with E-state index in [1.165, 1.54) is 25.7 Å². The van der Waals surface area contributed by atoms with Crippen LogP contribution in [0.25, 0.3) is 0 Å². The van der Waals surface area contributed by atoms with E-state index in [2.05, 4.69) is 10.6 Å². The molecule has 1 rings (SSSR count). The Morgan fingerprint density at radius 3 is 2.38 bits per heavy atom. The molecule has 0 radical (unpaired) electrons. The second-order valence-electron chi connectivity index (χ2n) is 5.74. The molecule has 0 bridgehead atoms. The van der Waals surface area contributed by atoms with Gasteiger partial charge in [0, 0.05) is 18.1 Å². The van der Waals surface area contributed by atoms with Crippen LogP contribution in [0.4, 0.5) is 4.79 Å². The summed E-state index contributed by atoms with van der Waals surface area (Å²) >= 11 is 0. The average molecular weight is 227 g/mol. The Morgan fingerprint density at radius 2 is 1.94 bits per heavy atom. The minimum absolute atomic E-state index is 0.102. The fraction of sp³-hybridized carbons (Fsp3) is 0.917. The Morgan fingerprint density at radius 1 is 1.38 bits per heavy atom. The van der Waals surface area contributed by atoms with Gasteiger partial charge in [-0.1, -0.05) is 12.8 Å². The van der Waals surface area contributed by atoms with E-state index in [4.69, 9.17) is 5.73 Å². The zero-order chi connectivity index (χ0) is 12.2. The van der Waals surface area contributed by atoms with Crippen molar-refractivity contribution in [2.24, 2.45) is 11.7 Å². The summed E-state index contributed by atoms with van der Waals surface area (Å²) in [5.41, 5.74) is 5.53. The van der Waals surface area contributed by atoms with Gasteiger partial charge in [0.05, 0.1) is 0 Å². The molecule has 4 heteroatoms. The van der Waals surface area contributed by atoms with E-state index in [1.54, 1.807) is 0 Å². The zero-order valence-corrected chi connectivity index (χ0v) is 10.7. The van der Waals surface area contributed by atoms with E-state index in [0.29, 0.717) is 12.5 Å². The van der Waals surface area contributed by atoms with Crippen LogP contribution in [0.15, 0.2) is 0 Å². The largest absolute Gasteiger partial charge is 0.334 e. The molecule has 1 aliphatic rings. The quantitative estimate of drug-likeness (QED) is 0.685. The number of hydrogen-bond donors (Lipinski definition) is 3. The molecule has 1 fully saturated rings. The van der Waals surface area contributed by atoms with Crippen LogP contribution < -0.4 is 16.4 Å². The molecule has 16 heavy (non-hydrogen) atoms. The van der Waals surface area contributed by atoms with Gasteiger partial charge in [-0.25, -0.2) is 4.79 Å². The van der Waals surface area contributed by atoms with E-state index in [0.717, 1.165) is 0 Å². The van der Waals surface area contributed by atoms with Crippen molar-refractivity contribution in [1.82, 2.24) is 10.6 Å². The Balaban J connectivity index is 2.40. The molecule has 4 N–H and O–H groups in total. The van der Waals surface area contributed by atoms with Gasteiger partial charge in [-0.3, -0.25) is 0 Å². The molecule has 0 aromatic carbocycles. The number of nitrogens with two attached hydrogens (primary N) is 1. The summed E-state index contributed by atoms with van der Waals surface area (Å²) in [5, 5.41) is 5.89. The van der Waals surface area contributed by atoms with Gasteiger partial charge in [-0.05, 0) is 39.5 Å². The predicted molar refractivity (Wildman–Crippen MR) is 66.2 cm³/mol. The van der Waals surface area contributed by atoms with Crippen LogP contribution in [0.3, 0.4) is 0 Å². The minimum Gasteiger partial charge on any atom is -0.334 e. The fourth-order valence-electron chi connectivity index (χ4n) is 2.27. The average Bonchev–Trinajstić information content (AvgIpc) is 2.63. The summed E-state index contributed by atoms with van der Waals surface area (Å²) in [6.07, 6.45) is 4.92. The van der Waals surface area contributed by atoms with Gasteiger partial charge in [0.15, 0.2) is 0 Å². The lowest BCUT2D eigenvalue weighted by Gasteiger charge is -2.27. The van der Waals surface area contributed by atoms with Crippen LogP contribution in [-0.4, -0.2) is 24.2 Å². The Kier molecular flexibility index (Phi) is 4.59. The summed E-state index contributed by atoms with van der Waals surface area (Å²) in [7, 11) is 0. The first-order valence-electron chi connectivity index (χ1n) is 6.21. The first-order chi connectivity index (χ1) is 7.42. The third kappa shape index (κ3) is 4.39. The highest BCUT2D eigenvalue weighted by Crippen LogP contribution is 2.27. The first kappa shape index (κ1) is 13.3. The van der Waals surface area contributed by atoms with Crippen molar-refractivity contribution < 1.29 is 4.79 Å². The Bertz CT molecular complexity index is 229. The predicted octanol–water partition coefficient (Wildman–Crippen LogP) is 1.60. The smallest absolute Gasteiger partial charge is 0.315 e. The molecule has 0 saturated heterocycles. The summed E-state index contributed by atoms with van der Waals surface area (Å²) in [6.45, 7) is 6.45. The molecule has 1 unspecified atom stereocenters. The number of carbonyl (C=O) groups excluding carboxylic acids is 1. The van der Waals surface area contributed by atoms with Crippen LogP contribution in [0.1, 0.15) is 46.5 Å². The highest BCUT2D eigenvalue weighted by atomic mass is 16.2. The van der Waals surface area contributed by atoms with Gasteiger partial charge in [-0.15, -0.1) is 0 Å². The van der Waals surface area contributed by atoms with Gasteiger partial charge in [-0.2, -0.15) is 0 Å². The first-order valence-corrected chi connectivity index (χ1v) is 6.21. The highest BCUT2D eigenvalue weighted by Gasteiger charge is 2.26. The standard InChI is InChI=1S/C12H25N3O/c1-12(2,3)15-11(16)14-10(8-13)9-6-4-5-7-9/h9-10H,4-8,13H2,1-3H3,(H2,14,15,16). The molecule has 94 valence electrons. The molecule has 0 aromatic rings. The zero-order valence-electron chi connectivity index (χ0n) is 10.7. The Labute approximate surface area is 98.3 Å². The number of nitrogens with one attached hydrogen (secondary N) is 2. The number of urea groups is 1. The summed E-state index contributed by atoms with van der Waals surface area (Å²) in [4.78, 5) is 11.7. The number of amides is 2. The second-order valence-corrected chi connectivity index (χ2v) is 5.74. The fourth-order valence-corrected chi connectivity index (χ4v) is 2.27. The molecule has 0 aliphatic heterocycles. The van der Waals surface area contributed by atoms with Crippen molar-refractivity contribution in [2.75, 3.05) is 6.54 Å².